The van der Waals surface area contributed by atoms with E-state index in [1.165, 1.54) is 12.1 Å². The van der Waals surface area contributed by atoms with Crippen molar-refractivity contribution in [2.75, 3.05) is 0 Å². The number of diazo groups is 1. The van der Waals surface area contributed by atoms with E-state index in [1.807, 2.05) is 0 Å². The Kier molecular flexibility index (Phi) is 2.52. The lowest BCUT2D eigenvalue weighted by Gasteiger charge is -1.95. The molecule has 0 heterocycles. The van der Waals surface area contributed by atoms with Gasteiger partial charge < -0.3 is 0 Å². The van der Waals surface area contributed by atoms with Crippen LogP contribution in [0.5, 0.6) is 0 Å². The highest BCUT2D eigenvalue weighted by Gasteiger charge is 2.18. The summed E-state index contributed by atoms with van der Waals surface area (Å²) in [5.74, 6) is 0. The number of hydrogen-bond acceptors (Lipinski definition) is 3. The molecule has 0 aromatic heterocycles. The van der Waals surface area contributed by atoms with E-state index in [4.69, 9.17) is 21.5 Å². The average molecular weight is 220 g/mol. The molecule has 0 fully saturated rings. The van der Waals surface area contributed by atoms with Crippen molar-refractivity contribution in [3.8, 4) is 0 Å². The molecule has 7 heteroatoms. The Morgan fingerprint density at radius 2 is 2.08 bits per heavy atom. The molecule has 0 aliphatic carbocycles. The second-order valence-electron chi connectivity index (χ2n) is 2.19. The molecule has 0 unspecified atom stereocenters. The van der Waals surface area contributed by atoms with E-state index in [9.17, 15) is 8.42 Å². The Morgan fingerprint density at radius 3 is 2.54 bits per heavy atom. The standard InChI is InChI=1S/C6H3ClN2O3S/c7-5-2-1-4(9-8)3-6(5)13(10,11)12/h1-3H/p+1. The molecular weight excluding hydrogens is 216 g/mol. The van der Waals surface area contributed by atoms with Crippen LogP contribution in [0.2, 0.25) is 5.02 Å². The molecule has 5 nitrogen and oxygen atoms in total. The summed E-state index contributed by atoms with van der Waals surface area (Å²) in [4.78, 5) is 2.27. The molecule has 0 saturated carbocycles. The molecular formula is C6H4ClN2O3S+. The van der Waals surface area contributed by atoms with Gasteiger partial charge in [0.1, 0.15) is 4.90 Å². The van der Waals surface area contributed by atoms with E-state index in [-0.39, 0.29) is 10.7 Å². The van der Waals surface area contributed by atoms with E-state index in [2.05, 4.69) is 4.98 Å². The van der Waals surface area contributed by atoms with Crippen LogP contribution in [0.3, 0.4) is 0 Å². The van der Waals surface area contributed by atoms with Gasteiger partial charge in [-0.05, 0) is 6.07 Å². The lowest BCUT2D eigenvalue weighted by atomic mass is 10.3. The summed E-state index contributed by atoms with van der Waals surface area (Å²) in [6.45, 7) is 0. The van der Waals surface area contributed by atoms with Gasteiger partial charge in [0, 0.05) is 6.07 Å². The smallest absolute Gasteiger partial charge is 0.282 e. The second-order valence-corrected chi connectivity index (χ2v) is 3.99. The van der Waals surface area contributed by atoms with Crippen LogP contribution in [0.15, 0.2) is 23.1 Å². The van der Waals surface area contributed by atoms with Crippen molar-refractivity contribution in [3.05, 3.63) is 28.2 Å². The quantitative estimate of drug-likeness (QED) is 0.579. The topological polar surface area (TPSA) is 82.5 Å². The first kappa shape index (κ1) is 9.92. The Labute approximate surface area is 79.3 Å². The number of hydrogen-bond donors (Lipinski definition) is 1. The van der Waals surface area contributed by atoms with E-state index < -0.39 is 15.0 Å². The molecule has 0 bridgehead atoms. The van der Waals surface area contributed by atoms with Crippen molar-refractivity contribution < 1.29 is 13.0 Å². The molecule has 0 radical (unpaired) electrons. The Morgan fingerprint density at radius 1 is 1.46 bits per heavy atom. The highest BCUT2D eigenvalue weighted by molar-refractivity contribution is 7.86. The summed E-state index contributed by atoms with van der Waals surface area (Å²) in [7, 11) is -4.37. The van der Waals surface area contributed by atoms with E-state index >= 15 is 0 Å². The summed E-state index contributed by atoms with van der Waals surface area (Å²) in [6, 6.07) is 3.47. The second kappa shape index (κ2) is 3.30. The molecule has 0 aliphatic rings. The van der Waals surface area contributed by atoms with Crippen LogP contribution in [0, 0.1) is 5.39 Å². The largest absolute Gasteiger partial charge is 0.386 e. The van der Waals surface area contributed by atoms with Gasteiger partial charge >= 0.3 is 5.69 Å². The normalized spacial score (nSPS) is 10.8. The van der Waals surface area contributed by atoms with Crippen LogP contribution >= 0.6 is 11.6 Å². The number of rotatable bonds is 1. The Balaban J connectivity index is 3.47. The predicted octanol–water partition coefficient (Wildman–Crippen LogP) is 2.07. The van der Waals surface area contributed by atoms with Crippen LogP contribution in [-0.2, 0) is 10.1 Å². The highest BCUT2D eigenvalue weighted by Crippen LogP contribution is 2.25. The number of nitrogens with zero attached hydrogens (tertiary/aromatic N) is 2. The highest BCUT2D eigenvalue weighted by atomic mass is 35.5. The minimum absolute atomic E-state index is 0.00275. The summed E-state index contributed by atoms with van der Waals surface area (Å²) in [6.07, 6.45) is 0. The van der Waals surface area contributed by atoms with E-state index in [1.54, 1.807) is 0 Å². The van der Waals surface area contributed by atoms with Gasteiger partial charge in [-0.3, -0.25) is 4.55 Å². The molecule has 1 aromatic rings. The van der Waals surface area contributed by atoms with Crippen molar-refractivity contribution >= 4 is 27.4 Å². The minimum Gasteiger partial charge on any atom is -0.282 e. The maximum absolute atomic E-state index is 10.7. The van der Waals surface area contributed by atoms with Crippen LogP contribution < -0.4 is 0 Å². The molecule has 13 heavy (non-hydrogen) atoms. The zero-order valence-electron chi connectivity index (χ0n) is 6.18. The fourth-order valence-electron chi connectivity index (χ4n) is 0.752. The van der Waals surface area contributed by atoms with Crippen LogP contribution in [0.4, 0.5) is 5.69 Å². The van der Waals surface area contributed by atoms with Gasteiger partial charge in [-0.25, -0.2) is 0 Å². The van der Waals surface area contributed by atoms with Gasteiger partial charge in [0.2, 0.25) is 5.39 Å². The zero-order chi connectivity index (χ0) is 10.1. The van der Waals surface area contributed by atoms with Crippen LogP contribution in [0.25, 0.3) is 4.98 Å². The first-order valence-corrected chi connectivity index (χ1v) is 4.89. The fourth-order valence-corrected chi connectivity index (χ4v) is 1.75. The average Bonchev–Trinajstić information content (AvgIpc) is 2.03. The fraction of sp³-hybridized carbons (Fsp3) is 0. The SMILES string of the molecule is N#[N+]c1ccc(Cl)c(S(=O)(=O)O)c1. The molecule has 0 saturated heterocycles. The summed E-state index contributed by atoms with van der Waals surface area (Å²) in [5.41, 5.74) is -0.00275. The number of benzene rings is 1. The minimum atomic E-state index is -4.37. The van der Waals surface area contributed by atoms with Gasteiger partial charge in [-0.15, -0.1) is 0 Å². The van der Waals surface area contributed by atoms with Crippen LogP contribution in [0.1, 0.15) is 0 Å². The lowest BCUT2D eigenvalue weighted by molar-refractivity contribution is 0.483. The predicted molar refractivity (Wildman–Crippen MR) is 46.0 cm³/mol. The van der Waals surface area contributed by atoms with Gasteiger partial charge in [-0.2, -0.15) is 8.42 Å². The molecule has 0 spiro atoms. The first-order valence-electron chi connectivity index (χ1n) is 3.07. The third-order valence-corrected chi connectivity index (χ3v) is 2.64. The van der Waals surface area contributed by atoms with E-state index in [0.717, 1.165) is 6.07 Å². The van der Waals surface area contributed by atoms with Gasteiger partial charge in [0.15, 0.2) is 4.98 Å². The third kappa shape index (κ3) is 2.15. The molecule has 1 rings (SSSR count). The van der Waals surface area contributed by atoms with Crippen molar-refractivity contribution in [2.45, 2.75) is 4.90 Å². The summed E-state index contributed by atoms with van der Waals surface area (Å²) in [5, 5.41) is 8.19. The molecule has 68 valence electrons. The molecule has 1 aromatic carbocycles. The van der Waals surface area contributed by atoms with Gasteiger partial charge in [0.25, 0.3) is 10.1 Å². The van der Waals surface area contributed by atoms with Gasteiger partial charge in [0.05, 0.1) is 11.1 Å². The Hall–Kier alpha value is -1.16. The van der Waals surface area contributed by atoms with Crippen molar-refractivity contribution in [2.24, 2.45) is 0 Å². The monoisotopic (exact) mass is 219 g/mol. The van der Waals surface area contributed by atoms with Crippen molar-refractivity contribution in [3.63, 3.8) is 0 Å². The van der Waals surface area contributed by atoms with E-state index in [0.29, 0.717) is 0 Å². The third-order valence-electron chi connectivity index (χ3n) is 1.31. The maximum Gasteiger partial charge on any atom is 0.386 e. The van der Waals surface area contributed by atoms with Crippen LogP contribution in [-0.4, -0.2) is 13.0 Å². The molecule has 0 amide bonds. The zero-order valence-corrected chi connectivity index (χ0v) is 7.75. The van der Waals surface area contributed by atoms with Crippen molar-refractivity contribution in [1.82, 2.24) is 0 Å². The first-order chi connectivity index (χ1) is 5.95. The van der Waals surface area contributed by atoms with Gasteiger partial charge in [-0.1, -0.05) is 11.6 Å². The lowest BCUT2D eigenvalue weighted by Crippen LogP contribution is -1.98. The number of halogens is 1. The summed E-state index contributed by atoms with van der Waals surface area (Å²) < 4.78 is 30.0. The molecule has 0 atom stereocenters. The van der Waals surface area contributed by atoms with Crippen molar-refractivity contribution in [1.29, 1.82) is 5.39 Å². The Bertz CT molecular complexity index is 477. The molecule has 0 aliphatic heterocycles. The molecule has 1 N–H and O–H groups in total. The maximum atomic E-state index is 10.7. The summed E-state index contributed by atoms with van der Waals surface area (Å²) >= 11 is 5.48.